The Hall–Kier alpha value is -1.66. The first-order valence-electron chi connectivity index (χ1n) is 10.7. The maximum absolute atomic E-state index is 10.5. The van der Waals surface area contributed by atoms with Crippen molar-refractivity contribution in [1.82, 2.24) is 24.5 Å². The van der Waals surface area contributed by atoms with E-state index in [4.69, 9.17) is 27.9 Å². The second kappa shape index (κ2) is 9.91. The Labute approximate surface area is 205 Å². The van der Waals surface area contributed by atoms with Crippen LogP contribution in [0.1, 0.15) is 19.1 Å². The largest absolute Gasteiger partial charge is 0.387 e. The topological polar surface area (TPSA) is 109 Å². The molecule has 0 spiro atoms. The molecule has 5 rings (SSSR count). The minimum atomic E-state index is -1.17. The Morgan fingerprint density at radius 2 is 2.00 bits per heavy atom. The summed E-state index contributed by atoms with van der Waals surface area (Å²) < 4.78 is 7.30. The lowest BCUT2D eigenvalue weighted by Crippen LogP contribution is -2.41. The molecule has 2 aliphatic rings. The highest BCUT2D eigenvalue weighted by Gasteiger charge is 2.44. The fraction of sp³-hybridized carbons (Fsp3) is 0.476. The number of hydrazine groups is 1. The molecule has 3 aromatic rings. The van der Waals surface area contributed by atoms with Crippen LogP contribution in [0.25, 0.3) is 11.2 Å². The van der Waals surface area contributed by atoms with Crippen LogP contribution in [-0.2, 0) is 4.74 Å². The van der Waals surface area contributed by atoms with Crippen molar-refractivity contribution in [2.75, 3.05) is 24.4 Å². The zero-order valence-corrected chi connectivity index (χ0v) is 19.9. The number of hydrogen-bond acceptors (Lipinski definition) is 9. The number of rotatable bonds is 6. The van der Waals surface area contributed by atoms with Crippen LogP contribution in [0, 0.1) is 0 Å². The van der Waals surface area contributed by atoms with Crippen LogP contribution in [-0.4, -0.2) is 77.3 Å². The van der Waals surface area contributed by atoms with Gasteiger partial charge in [0.2, 0.25) is 5.28 Å². The Bertz CT molecular complexity index is 1110. The fourth-order valence-electron chi connectivity index (χ4n) is 4.22. The van der Waals surface area contributed by atoms with E-state index in [0.29, 0.717) is 22.2 Å². The summed E-state index contributed by atoms with van der Waals surface area (Å²) in [5, 5.41) is 23.2. The van der Waals surface area contributed by atoms with Crippen LogP contribution >= 0.6 is 35.0 Å². The molecule has 5 atom stereocenters. The highest BCUT2D eigenvalue weighted by Crippen LogP contribution is 2.34. The highest BCUT2D eigenvalue weighted by atomic mass is 35.5. The van der Waals surface area contributed by atoms with E-state index in [1.165, 1.54) is 11.2 Å². The molecule has 1 aromatic carbocycles. The molecule has 0 saturated carbocycles. The molecule has 0 bridgehead atoms. The summed E-state index contributed by atoms with van der Waals surface area (Å²) in [5.74, 6) is 0.539. The van der Waals surface area contributed by atoms with Gasteiger partial charge in [-0.1, -0.05) is 18.2 Å². The van der Waals surface area contributed by atoms with Gasteiger partial charge in [0.25, 0.3) is 0 Å². The number of aliphatic hydroxyl groups excluding tert-OH is 2. The number of piperidine rings is 1. The average Bonchev–Trinajstić information content (AvgIpc) is 3.35. The van der Waals surface area contributed by atoms with Gasteiger partial charge in [0.15, 0.2) is 23.2 Å². The summed E-state index contributed by atoms with van der Waals surface area (Å²) in [6.07, 6.45) is -0.161. The summed E-state index contributed by atoms with van der Waals surface area (Å²) in [6.45, 7) is 1.70. The summed E-state index contributed by atoms with van der Waals surface area (Å²) in [7, 11) is 0. The number of nitrogens with zero attached hydrogens (tertiary/aromatic N) is 5. The molecular weight excluding hydrogens is 487 g/mol. The molecule has 176 valence electrons. The van der Waals surface area contributed by atoms with E-state index in [2.05, 4.69) is 49.7 Å². The van der Waals surface area contributed by atoms with E-state index in [1.807, 2.05) is 17.8 Å². The van der Waals surface area contributed by atoms with Crippen molar-refractivity contribution < 1.29 is 14.9 Å². The number of thioether (sulfide) groups is 1. The van der Waals surface area contributed by atoms with Gasteiger partial charge >= 0.3 is 0 Å². The van der Waals surface area contributed by atoms with E-state index < -0.39 is 24.5 Å². The number of halogens is 2. The van der Waals surface area contributed by atoms with Crippen molar-refractivity contribution in [3.63, 3.8) is 0 Å². The van der Waals surface area contributed by atoms with Crippen LogP contribution < -0.4 is 5.43 Å². The third kappa shape index (κ3) is 4.79. The Morgan fingerprint density at radius 1 is 1.18 bits per heavy atom. The molecule has 2 fully saturated rings. The van der Waals surface area contributed by atoms with Gasteiger partial charge in [0.05, 0.1) is 12.2 Å². The number of hydrogen-bond donors (Lipinski definition) is 3. The third-order valence-electron chi connectivity index (χ3n) is 5.85. The SMILES string of the molecule is OC1C(O)[C@@H](CCl)O[C@H]1n1cnc2c(NN3CCCC(Sc4ccccc4)C3)nc(Cl)nc21. The summed E-state index contributed by atoms with van der Waals surface area (Å²) in [5.41, 5.74) is 4.26. The van der Waals surface area contributed by atoms with Gasteiger partial charge in [-0.25, -0.2) is 9.99 Å². The number of alkyl halides is 1. The molecule has 4 heterocycles. The van der Waals surface area contributed by atoms with E-state index in [0.717, 1.165) is 25.9 Å². The molecule has 3 unspecified atom stereocenters. The third-order valence-corrected chi connectivity index (χ3v) is 7.58. The first-order valence-corrected chi connectivity index (χ1v) is 12.5. The first kappa shape index (κ1) is 23.1. The number of imidazole rings is 1. The van der Waals surface area contributed by atoms with Gasteiger partial charge in [0.1, 0.15) is 18.3 Å². The van der Waals surface area contributed by atoms with E-state index in [-0.39, 0.29) is 11.2 Å². The minimum absolute atomic E-state index is 0.0425. The van der Waals surface area contributed by atoms with Gasteiger partial charge < -0.3 is 20.4 Å². The molecule has 0 radical (unpaired) electrons. The van der Waals surface area contributed by atoms with Crippen molar-refractivity contribution in [2.24, 2.45) is 0 Å². The molecule has 9 nitrogen and oxygen atoms in total. The number of fused-ring (bicyclic) bond motifs is 1. The number of aromatic nitrogens is 4. The van der Waals surface area contributed by atoms with Gasteiger partial charge in [-0.05, 0) is 36.6 Å². The fourth-order valence-corrected chi connectivity index (χ4v) is 5.88. The van der Waals surface area contributed by atoms with Crippen molar-refractivity contribution in [1.29, 1.82) is 0 Å². The second-order valence-corrected chi connectivity index (χ2v) is 10.1. The monoisotopic (exact) mass is 510 g/mol. The van der Waals surface area contributed by atoms with Crippen LogP contribution in [0.5, 0.6) is 0 Å². The van der Waals surface area contributed by atoms with E-state index in [1.54, 1.807) is 4.57 Å². The summed E-state index contributed by atoms with van der Waals surface area (Å²) in [6, 6.07) is 10.4. The molecule has 12 heteroatoms. The lowest BCUT2D eigenvalue weighted by atomic mass is 10.1. The number of aliphatic hydroxyl groups is 2. The quantitative estimate of drug-likeness (QED) is 0.340. The van der Waals surface area contributed by atoms with E-state index >= 15 is 0 Å². The van der Waals surface area contributed by atoms with Crippen LogP contribution in [0.2, 0.25) is 5.28 Å². The molecule has 0 aliphatic carbocycles. The molecule has 0 amide bonds. The van der Waals surface area contributed by atoms with Crippen LogP contribution in [0.3, 0.4) is 0 Å². The highest BCUT2D eigenvalue weighted by molar-refractivity contribution is 8.00. The smallest absolute Gasteiger partial charge is 0.226 e. The molecule has 3 N–H and O–H groups in total. The maximum atomic E-state index is 10.5. The number of anilines is 1. The number of ether oxygens (including phenoxy) is 1. The Morgan fingerprint density at radius 3 is 2.76 bits per heavy atom. The lowest BCUT2D eigenvalue weighted by Gasteiger charge is -2.32. The summed E-state index contributed by atoms with van der Waals surface area (Å²) in [4.78, 5) is 14.4. The number of nitrogens with one attached hydrogen (secondary N) is 1. The maximum Gasteiger partial charge on any atom is 0.226 e. The van der Waals surface area contributed by atoms with Gasteiger partial charge in [-0.2, -0.15) is 9.97 Å². The van der Waals surface area contributed by atoms with Gasteiger partial charge in [-0.3, -0.25) is 4.57 Å². The molecular formula is C21H24Cl2N6O3S. The van der Waals surface area contributed by atoms with Crippen molar-refractivity contribution in [3.05, 3.63) is 41.9 Å². The predicted molar refractivity (Wildman–Crippen MR) is 127 cm³/mol. The van der Waals surface area contributed by atoms with Crippen LogP contribution in [0.15, 0.2) is 41.6 Å². The standard InChI is InChI=1S/C21H24Cl2N6O3S/c22-9-14-16(30)17(31)20(32-14)29-11-24-15-18(25-21(23)26-19(15)29)27-28-8-4-7-13(10-28)33-12-5-2-1-3-6-12/h1-3,5-6,11,13-14,16-17,20,30-31H,4,7-10H2,(H,25,26,27)/t13?,14-,16?,17?,20-/m1/s1. The van der Waals surface area contributed by atoms with E-state index in [9.17, 15) is 10.2 Å². The molecule has 33 heavy (non-hydrogen) atoms. The zero-order valence-electron chi connectivity index (χ0n) is 17.6. The normalized spacial score (nSPS) is 28.4. The van der Waals surface area contributed by atoms with Crippen molar-refractivity contribution >= 4 is 51.9 Å². The van der Waals surface area contributed by atoms with Crippen LogP contribution in [0.4, 0.5) is 5.82 Å². The predicted octanol–water partition coefficient (Wildman–Crippen LogP) is 2.92. The summed E-state index contributed by atoms with van der Waals surface area (Å²) >= 11 is 14.0. The average molecular weight is 511 g/mol. The second-order valence-electron chi connectivity index (χ2n) is 8.12. The first-order chi connectivity index (χ1) is 16.0. The Balaban J connectivity index is 1.36. The van der Waals surface area contributed by atoms with Gasteiger partial charge in [-0.15, -0.1) is 23.4 Å². The molecule has 2 aliphatic heterocycles. The van der Waals surface area contributed by atoms with Crippen molar-refractivity contribution in [2.45, 2.75) is 47.5 Å². The molecule has 2 aromatic heterocycles. The number of benzene rings is 1. The Kier molecular flexibility index (Phi) is 6.94. The van der Waals surface area contributed by atoms with Crippen molar-refractivity contribution in [3.8, 4) is 0 Å². The minimum Gasteiger partial charge on any atom is -0.387 e. The van der Waals surface area contributed by atoms with Gasteiger partial charge in [0, 0.05) is 23.2 Å². The molecule has 2 saturated heterocycles. The zero-order chi connectivity index (χ0) is 22.9. The lowest BCUT2D eigenvalue weighted by molar-refractivity contribution is -0.0291.